The average molecular weight is 417 g/mol. The normalized spacial score (nSPS) is 10.8. The third-order valence-corrected chi connectivity index (χ3v) is 4.74. The van der Waals surface area contributed by atoms with E-state index in [0.717, 1.165) is 4.57 Å². The Morgan fingerprint density at radius 3 is 2.13 bits per heavy atom. The van der Waals surface area contributed by atoms with Crippen molar-refractivity contribution >= 4 is 34.2 Å². The lowest BCUT2D eigenvalue weighted by Gasteiger charge is -2.07. The number of carbonyl (C=O) groups is 2. The van der Waals surface area contributed by atoms with Crippen molar-refractivity contribution in [3.63, 3.8) is 0 Å². The first-order chi connectivity index (χ1) is 14.8. The summed E-state index contributed by atoms with van der Waals surface area (Å²) in [5.41, 5.74) is 0.902. The molecule has 0 fully saturated rings. The van der Waals surface area contributed by atoms with Crippen molar-refractivity contribution < 1.29 is 9.59 Å². The molecule has 2 amide bonds. The Labute approximate surface area is 176 Å². The van der Waals surface area contributed by atoms with Crippen LogP contribution in [0.2, 0.25) is 0 Å². The summed E-state index contributed by atoms with van der Waals surface area (Å²) in [6.07, 6.45) is 1.50. The largest absolute Gasteiger partial charge is 0.344 e. The summed E-state index contributed by atoms with van der Waals surface area (Å²) in [7, 11) is 1.64. The quantitative estimate of drug-likeness (QED) is 0.472. The minimum atomic E-state index is -0.636. The van der Waals surface area contributed by atoms with Gasteiger partial charge in [-0.25, -0.2) is 9.36 Å². The number of fused-ring (bicyclic) bond motifs is 1. The molecule has 9 heteroatoms. The average Bonchev–Trinajstić information content (AvgIpc) is 3.06. The predicted octanol–water partition coefficient (Wildman–Crippen LogP) is 2.23. The van der Waals surface area contributed by atoms with Gasteiger partial charge in [-0.1, -0.05) is 18.2 Å². The van der Waals surface area contributed by atoms with Crippen LogP contribution in [0.3, 0.4) is 0 Å². The summed E-state index contributed by atoms with van der Waals surface area (Å²) in [6.45, 7) is 1.41. The number of hydrogen-bond donors (Lipinski definition) is 3. The minimum absolute atomic E-state index is 0.164. The zero-order valence-electron chi connectivity index (χ0n) is 16.8. The fraction of sp³-hybridized carbons (Fsp3) is 0.0909. The maximum atomic E-state index is 13.0. The van der Waals surface area contributed by atoms with Crippen molar-refractivity contribution in [3.8, 4) is 5.69 Å². The molecule has 156 valence electrons. The summed E-state index contributed by atoms with van der Waals surface area (Å²) in [5, 5.41) is 5.38. The molecule has 0 saturated heterocycles. The number of aromatic nitrogens is 3. The SMILES string of the molecule is CC(=O)Nc1ccc(NC(=O)c2cn(C)c3c(=O)n(-c4ccccc4)c(=O)[nH]c23)cc1. The molecule has 31 heavy (non-hydrogen) atoms. The number of carbonyl (C=O) groups excluding carboxylic acids is 2. The molecule has 0 unspecified atom stereocenters. The highest BCUT2D eigenvalue weighted by atomic mass is 16.2. The van der Waals surface area contributed by atoms with Crippen molar-refractivity contribution in [2.75, 3.05) is 10.6 Å². The van der Waals surface area contributed by atoms with Crippen LogP contribution >= 0.6 is 0 Å². The minimum Gasteiger partial charge on any atom is -0.344 e. The lowest BCUT2D eigenvalue weighted by molar-refractivity contribution is -0.114. The Balaban J connectivity index is 1.72. The topological polar surface area (TPSA) is 118 Å². The molecule has 9 nitrogen and oxygen atoms in total. The number of rotatable bonds is 4. The van der Waals surface area contributed by atoms with E-state index >= 15 is 0 Å². The molecule has 0 aliphatic rings. The van der Waals surface area contributed by atoms with Crippen molar-refractivity contribution in [1.29, 1.82) is 0 Å². The molecule has 0 radical (unpaired) electrons. The molecule has 4 aromatic rings. The maximum absolute atomic E-state index is 13.0. The number of aryl methyl sites for hydroxylation is 1. The molecular weight excluding hydrogens is 398 g/mol. The molecular formula is C22H19N5O4. The molecule has 2 aromatic heterocycles. The molecule has 2 heterocycles. The first-order valence-corrected chi connectivity index (χ1v) is 9.44. The van der Waals surface area contributed by atoms with E-state index in [1.165, 1.54) is 17.7 Å². The van der Waals surface area contributed by atoms with Crippen molar-refractivity contribution in [2.24, 2.45) is 7.05 Å². The molecule has 0 spiro atoms. The fourth-order valence-electron chi connectivity index (χ4n) is 3.39. The van der Waals surface area contributed by atoms with Crippen molar-refractivity contribution in [3.05, 3.63) is 87.2 Å². The number of nitrogens with zero attached hydrogens (tertiary/aromatic N) is 2. The number of para-hydroxylation sites is 1. The van der Waals surface area contributed by atoms with E-state index < -0.39 is 17.2 Å². The highest BCUT2D eigenvalue weighted by molar-refractivity contribution is 6.11. The third-order valence-electron chi connectivity index (χ3n) is 4.74. The molecule has 0 bridgehead atoms. The second kappa shape index (κ2) is 7.79. The van der Waals surface area contributed by atoms with Gasteiger partial charge in [-0.2, -0.15) is 0 Å². The van der Waals surface area contributed by atoms with Crippen molar-refractivity contribution in [2.45, 2.75) is 6.92 Å². The van der Waals surface area contributed by atoms with Crippen LogP contribution < -0.4 is 21.9 Å². The first kappa shape index (κ1) is 19.9. The van der Waals surface area contributed by atoms with Gasteiger partial charge in [-0.3, -0.25) is 14.4 Å². The van der Waals surface area contributed by atoms with Gasteiger partial charge in [-0.15, -0.1) is 0 Å². The highest BCUT2D eigenvalue weighted by Crippen LogP contribution is 2.19. The van der Waals surface area contributed by atoms with Gasteiger partial charge in [0.15, 0.2) is 0 Å². The molecule has 0 aliphatic carbocycles. The van der Waals surface area contributed by atoms with E-state index in [-0.39, 0.29) is 22.5 Å². The van der Waals surface area contributed by atoms with E-state index in [9.17, 15) is 19.2 Å². The Morgan fingerprint density at radius 2 is 1.52 bits per heavy atom. The standard InChI is InChI=1S/C22H19N5O4/c1-13(28)23-14-8-10-15(11-9-14)24-20(29)17-12-26(2)19-18(17)25-22(31)27(21(19)30)16-6-4-3-5-7-16/h3-12H,1-2H3,(H,23,28)(H,24,29)(H,25,31). The van der Waals surface area contributed by atoms with Gasteiger partial charge < -0.3 is 20.2 Å². The second-order valence-electron chi connectivity index (χ2n) is 7.00. The molecule has 2 aromatic carbocycles. The number of benzene rings is 2. The third kappa shape index (κ3) is 3.76. The molecule has 4 rings (SSSR count). The number of nitrogens with one attached hydrogen (secondary N) is 3. The number of hydrogen-bond acceptors (Lipinski definition) is 4. The van der Waals surface area contributed by atoms with E-state index in [4.69, 9.17) is 0 Å². The highest BCUT2D eigenvalue weighted by Gasteiger charge is 2.20. The van der Waals surface area contributed by atoms with Crippen LogP contribution in [0.5, 0.6) is 0 Å². The van der Waals surface area contributed by atoms with E-state index in [1.54, 1.807) is 61.6 Å². The zero-order chi connectivity index (χ0) is 22.1. The van der Waals surface area contributed by atoms with Gasteiger partial charge >= 0.3 is 5.69 Å². The summed E-state index contributed by atoms with van der Waals surface area (Å²) >= 11 is 0. The number of H-pyrrole nitrogens is 1. The van der Waals surface area contributed by atoms with Gasteiger partial charge in [0, 0.05) is 31.5 Å². The smallest absolute Gasteiger partial charge is 0.333 e. The van der Waals surface area contributed by atoms with Crippen molar-refractivity contribution in [1.82, 2.24) is 14.1 Å². The number of aromatic amines is 1. The monoisotopic (exact) mass is 417 g/mol. The summed E-state index contributed by atoms with van der Waals surface area (Å²) in [4.78, 5) is 52.3. The van der Waals surface area contributed by atoms with Crippen LogP contribution in [0.1, 0.15) is 17.3 Å². The molecule has 0 aliphatic heterocycles. The molecule has 0 saturated carbocycles. The Kier molecular flexibility index (Phi) is 5.00. The lowest BCUT2D eigenvalue weighted by atomic mass is 10.2. The summed E-state index contributed by atoms with van der Waals surface area (Å²) in [5.74, 6) is -0.678. The van der Waals surface area contributed by atoms with Crippen LogP contribution in [0, 0.1) is 0 Å². The fourth-order valence-corrected chi connectivity index (χ4v) is 3.39. The summed E-state index contributed by atoms with van der Waals surface area (Å²) < 4.78 is 2.55. The number of amides is 2. The Bertz CT molecular complexity index is 1410. The van der Waals surface area contributed by atoms with E-state index in [0.29, 0.717) is 17.1 Å². The lowest BCUT2D eigenvalue weighted by Crippen LogP contribution is -2.34. The van der Waals surface area contributed by atoms with Gasteiger partial charge in [-0.05, 0) is 36.4 Å². The van der Waals surface area contributed by atoms with Crippen LogP contribution in [0.4, 0.5) is 11.4 Å². The predicted molar refractivity (Wildman–Crippen MR) is 118 cm³/mol. The van der Waals surface area contributed by atoms with Crippen LogP contribution in [-0.4, -0.2) is 25.9 Å². The second-order valence-corrected chi connectivity index (χ2v) is 7.00. The van der Waals surface area contributed by atoms with Gasteiger partial charge in [0.2, 0.25) is 5.91 Å². The Morgan fingerprint density at radius 1 is 0.903 bits per heavy atom. The van der Waals surface area contributed by atoms with Gasteiger partial charge in [0.1, 0.15) is 5.52 Å². The van der Waals surface area contributed by atoms with Gasteiger partial charge in [0.25, 0.3) is 11.5 Å². The first-order valence-electron chi connectivity index (χ1n) is 9.44. The molecule has 3 N–H and O–H groups in total. The number of anilines is 2. The Hall–Kier alpha value is -4.40. The van der Waals surface area contributed by atoms with Crippen LogP contribution in [0.15, 0.2) is 70.4 Å². The zero-order valence-corrected chi connectivity index (χ0v) is 16.8. The molecule has 0 atom stereocenters. The summed E-state index contributed by atoms with van der Waals surface area (Å²) in [6, 6.07) is 15.1. The van der Waals surface area contributed by atoms with Crippen LogP contribution in [-0.2, 0) is 11.8 Å². The van der Waals surface area contributed by atoms with Crippen LogP contribution in [0.25, 0.3) is 16.7 Å². The van der Waals surface area contributed by atoms with E-state index in [2.05, 4.69) is 15.6 Å². The van der Waals surface area contributed by atoms with E-state index in [1.807, 2.05) is 0 Å². The van der Waals surface area contributed by atoms with Gasteiger partial charge in [0.05, 0.1) is 16.8 Å². The maximum Gasteiger partial charge on any atom is 0.333 e.